The minimum Gasteiger partial charge on any atom is -0.506 e. The van der Waals surface area contributed by atoms with Crippen molar-refractivity contribution in [3.8, 4) is 5.75 Å². The van der Waals surface area contributed by atoms with E-state index >= 15 is 0 Å². The van der Waals surface area contributed by atoms with Crippen molar-refractivity contribution in [1.29, 1.82) is 0 Å². The maximum absolute atomic E-state index is 13.3. The Morgan fingerprint density at radius 1 is 0.857 bits per heavy atom. The first-order valence-corrected chi connectivity index (χ1v) is 17.8. The number of phenols is 1. The molecule has 0 aliphatic carbocycles. The molecule has 0 radical (unpaired) electrons. The van der Waals surface area contributed by atoms with Crippen LogP contribution in [0.2, 0.25) is 0 Å². The number of piperidine rings is 1. The van der Waals surface area contributed by atoms with Crippen molar-refractivity contribution in [2.45, 2.75) is 69.5 Å². The molecule has 1 aromatic heterocycles. The second-order valence-corrected chi connectivity index (χ2v) is 13.3. The van der Waals surface area contributed by atoms with Gasteiger partial charge in [-0.3, -0.25) is 4.79 Å². The van der Waals surface area contributed by atoms with Crippen molar-refractivity contribution < 1.29 is 24.9 Å². The number of rotatable bonds is 18. The number of likely N-dealkylation sites (tertiary alicyclic amines) is 1. The number of H-pyrrole nitrogens is 1. The van der Waals surface area contributed by atoms with Crippen LogP contribution in [0.15, 0.2) is 89.7 Å². The molecule has 1 fully saturated rings. The number of aromatic hydroxyl groups is 1. The van der Waals surface area contributed by atoms with Crippen molar-refractivity contribution in [3.05, 3.63) is 112 Å². The molecule has 0 bridgehead atoms. The highest BCUT2D eigenvalue weighted by Gasteiger charge is 2.42. The zero-order valence-corrected chi connectivity index (χ0v) is 28.4. The Kier molecular flexibility index (Phi) is 13.4. The molecule has 0 spiro atoms. The molecule has 262 valence electrons. The third-order valence-electron chi connectivity index (χ3n) is 9.77. The van der Waals surface area contributed by atoms with E-state index in [1.54, 1.807) is 36.4 Å². The number of hydrogen-bond donors (Lipinski definition) is 5. The summed E-state index contributed by atoms with van der Waals surface area (Å²) in [6, 6.07) is 24.3. The first kappa shape index (κ1) is 36.3. The summed E-state index contributed by atoms with van der Waals surface area (Å²) in [6.45, 7) is 4.69. The molecule has 1 aliphatic rings. The Hall–Kier alpha value is -4.02. The molecule has 49 heavy (non-hydrogen) atoms. The van der Waals surface area contributed by atoms with Crippen LogP contribution in [0.1, 0.15) is 80.6 Å². The van der Waals surface area contributed by atoms with Gasteiger partial charge in [0, 0.05) is 18.0 Å². The van der Waals surface area contributed by atoms with Crippen LogP contribution in [0.25, 0.3) is 10.9 Å². The van der Waals surface area contributed by atoms with Crippen LogP contribution in [-0.2, 0) is 15.1 Å². The van der Waals surface area contributed by atoms with Crippen LogP contribution in [-0.4, -0.2) is 70.5 Å². The number of aliphatic hydroxyl groups excluding tert-OH is 1. The summed E-state index contributed by atoms with van der Waals surface area (Å²) in [4.78, 5) is 30.1. The normalized spacial score (nSPS) is 15.0. The lowest BCUT2D eigenvalue weighted by Gasteiger charge is -2.33. The monoisotopic (exact) mass is 669 g/mol. The maximum atomic E-state index is 13.3. The predicted molar refractivity (Wildman–Crippen MR) is 192 cm³/mol. The first-order chi connectivity index (χ1) is 23.9. The molecule has 4 aromatic rings. The number of benzene rings is 3. The van der Waals surface area contributed by atoms with Crippen molar-refractivity contribution in [1.82, 2.24) is 15.2 Å². The summed E-state index contributed by atoms with van der Waals surface area (Å²) in [5, 5.41) is 36.3. The van der Waals surface area contributed by atoms with E-state index in [0.29, 0.717) is 46.7 Å². The topological polar surface area (TPSA) is 135 Å². The van der Waals surface area contributed by atoms with Gasteiger partial charge in [-0.25, -0.2) is 4.79 Å². The van der Waals surface area contributed by atoms with E-state index in [-0.39, 0.29) is 11.3 Å². The molecular formula is C40H51N3O6. The predicted octanol–water partition coefficient (Wildman–Crippen LogP) is 5.78. The second kappa shape index (κ2) is 18.1. The number of carbonyl (C=O) groups excluding carboxylic acids is 1. The third-order valence-corrected chi connectivity index (χ3v) is 9.77. The Balaban J connectivity index is 0.897. The van der Waals surface area contributed by atoms with E-state index in [1.807, 2.05) is 36.4 Å². The molecule has 1 saturated heterocycles. The Morgan fingerprint density at radius 3 is 2.12 bits per heavy atom. The Labute approximate surface area is 289 Å². The van der Waals surface area contributed by atoms with Gasteiger partial charge in [0.1, 0.15) is 5.75 Å². The molecule has 0 unspecified atom stereocenters. The number of carbonyl (C=O) groups is 1. The number of aromatic amines is 1. The summed E-state index contributed by atoms with van der Waals surface area (Å²) in [5.74, 6) is -0.330. The number of nitrogens with one attached hydrogen (secondary N) is 2. The zero-order valence-electron chi connectivity index (χ0n) is 28.4. The van der Waals surface area contributed by atoms with Gasteiger partial charge in [0.25, 0.3) is 0 Å². The number of esters is 1. The zero-order chi connectivity index (χ0) is 34.5. The standard InChI is InChI=1S/C40H51N3O6/c44-35-20-18-33(34-19-21-37(46)42-38(34)35)36(45)28-41-24-12-4-2-1-3-5-13-25-43-26-22-30(23-27-43)29-49-39(47)40(48,31-14-8-6-9-15-31)32-16-10-7-11-17-32/h6-11,14-21,30,36,41,44-45,48H,1-5,12-13,22-29H2,(H,42,46)/t36-/m0/s1. The number of aromatic nitrogens is 1. The molecule has 0 saturated carbocycles. The van der Waals surface area contributed by atoms with E-state index in [4.69, 9.17) is 4.74 Å². The second-order valence-electron chi connectivity index (χ2n) is 13.3. The highest BCUT2D eigenvalue weighted by atomic mass is 16.5. The summed E-state index contributed by atoms with van der Waals surface area (Å²) in [6.07, 6.45) is 9.53. The molecule has 0 amide bonds. The smallest absolute Gasteiger partial charge is 0.347 e. The molecule has 9 heteroatoms. The highest BCUT2D eigenvalue weighted by molar-refractivity contribution is 5.87. The maximum Gasteiger partial charge on any atom is 0.347 e. The van der Waals surface area contributed by atoms with Crippen molar-refractivity contribution in [3.63, 3.8) is 0 Å². The number of pyridine rings is 1. The van der Waals surface area contributed by atoms with Gasteiger partial charge in [-0.05, 0) is 86.6 Å². The number of phenolic OH excluding ortho intramolecular Hbond substituents is 1. The summed E-state index contributed by atoms with van der Waals surface area (Å²) in [7, 11) is 0. The molecule has 1 aliphatic heterocycles. The van der Waals surface area contributed by atoms with Crippen molar-refractivity contribution >= 4 is 16.9 Å². The minimum absolute atomic E-state index is 0.00635. The fourth-order valence-corrected chi connectivity index (χ4v) is 6.80. The van der Waals surface area contributed by atoms with Crippen molar-refractivity contribution in [2.75, 3.05) is 39.3 Å². The van der Waals surface area contributed by atoms with Crippen molar-refractivity contribution in [2.24, 2.45) is 5.92 Å². The quantitative estimate of drug-likeness (QED) is 0.0665. The summed E-state index contributed by atoms with van der Waals surface area (Å²) < 4.78 is 5.77. The van der Waals surface area contributed by atoms with Crippen LogP contribution in [0.4, 0.5) is 0 Å². The summed E-state index contributed by atoms with van der Waals surface area (Å²) >= 11 is 0. The SMILES string of the molecule is O=C(OCC1CCN(CCCCCCCCCNC[C@H](O)c2ccc(O)c3[nH]c(=O)ccc23)CC1)C(O)(c1ccccc1)c1ccccc1. The average molecular weight is 670 g/mol. The fraction of sp³-hybridized carbons (Fsp3) is 0.450. The van der Waals surface area contributed by atoms with E-state index in [9.17, 15) is 24.9 Å². The Bertz CT molecular complexity index is 1610. The number of unbranched alkanes of at least 4 members (excludes halogenated alkanes) is 6. The fourth-order valence-electron chi connectivity index (χ4n) is 6.80. The molecule has 1 atom stereocenters. The summed E-state index contributed by atoms with van der Waals surface area (Å²) in [5.41, 5.74) is -0.0798. The molecule has 3 aromatic carbocycles. The van der Waals surface area contributed by atoms with Crippen LogP contribution < -0.4 is 10.9 Å². The van der Waals surface area contributed by atoms with Crippen LogP contribution in [0.5, 0.6) is 5.75 Å². The largest absolute Gasteiger partial charge is 0.506 e. The molecule has 5 rings (SSSR count). The molecule has 5 N–H and O–H groups in total. The molecule has 2 heterocycles. The van der Waals surface area contributed by atoms with Crippen LogP contribution in [0.3, 0.4) is 0 Å². The highest BCUT2D eigenvalue weighted by Crippen LogP contribution is 2.32. The lowest BCUT2D eigenvalue weighted by atomic mass is 9.86. The van der Waals surface area contributed by atoms with Gasteiger partial charge in [-0.15, -0.1) is 0 Å². The van der Waals surface area contributed by atoms with E-state index in [2.05, 4.69) is 15.2 Å². The number of aliphatic hydroxyl groups is 2. The van der Waals surface area contributed by atoms with Gasteiger partial charge < -0.3 is 35.3 Å². The van der Waals surface area contributed by atoms with Gasteiger partial charge in [0.15, 0.2) is 0 Å². The molecular weight excluding hydrogens is 618 g/mol. The van der Waals surface area contributed by atoms with Crippen LogP contribution >= 0.6 is 0 Å². The van der Waals surface area contributed by atoms with Gasteiger partial charge in [-0.1, -0.05) is 98.8 Å². The van der Waals surface area contributed by atoms with Gasteiger partial charge in [0.05, 0.1) is 18.2 Å². The number of fused-ring (bicyclic) bond motifs is 1. The van der Waals surface area contributed by atoms with Gasteiger partial charge in [-0.2, -0.15) is 0 Å². The number of nitrogens with zero attached hydrogens (tertiary/aromatic N) is 1. The average Bonchev–Trinajstić information content (AvgIpc) is 3.14. The Morgan fingerprint density at radius 2 is 1.47 bits per heavy atom. The first-order valence-electron chi connectivity index (χ1n) is 17.8. The third kappa shape index (κ3) is 9.79. The number of ether oxygens (including phenoxy) is 1. The molecule has 9 nitrogen and oxygen atoms in total. The lowest BCUT2D eigenvalue weighted by molar-refractivity contribution is -0.164. The van der Waals surface area contributed by atoms with Gasteiger partial charge >= 0.3 is 5.97 Å². The van der Waals surface area contributed by atoms with Crippen LogP contribution in [0, 0.1) is 5.92 Å². The van der Waals surface area contributed by atoms with E-state index in [0.717, 1.165) is 51.9 Å². The van der Waals surface area contributed by atoms with E-state index in [1.165, 1.54) is 44.2 Å². The number of hydrogen-bond acceptors (Lipinski definition) is 8. The van der Waals surface area contributed by atoms with E-state index < -0.39 is 17.7 Å². The lowest BCUT2D eigenvalue weighted by Crippen LogP contribution is -2.40. The minimum atomic E-state index is -1.83. The van der Waals surface area contributed by atoms with Gasteiger partial charge in [0.2, 0.25) is 11.2 Å².